The summed E-state index contributed by atoms with van der Waals surface area (Å²) in [6.07, 6.45) is -4.63. The predicted molar refractivity (Wildman–Crippen MR) is 205 cm³/mol. The number of aliphatic hydroxyl groups is 1. The molecule has 9 rings (SSSR count). The third-order valence-corrected chi connectivity index (χ3v) is 12.7. The second-order valence-electron chi connectivity index (χ2n) is 16.5. The van der Waals surface area contributed by atoms with Gasteiger partial charge in [-0.25, -0.2) is 26.9 Å². The lowest BCUT2D eigenvalue weighted by atomic mass is 9.58. The van der Waals surface area contributed by atoms with Crippen LogP contribution in [0.4, 0.5) is 36.6 Å². The summed E-state index contributed by atoms with van der Waals surface area (Å²) in [5.74, 6) is -6.40. The summed E-state index contributed by atoms with van der Waals surface area (Å²) in [6.45, 7) is 0.896. The summed E-state index contributed by atoms with van der Waals surface area (Å²) in [5.41, 5.74) is 0.798. The second kappa shape index (κ2) is 13.6. The fourth-order valence-corrected chi connectivity index (χ4v) is 10.1. The zero-order chi connectivity index (χ0) is 43.8. The molecule has 1 amide bonds. The number of alkyl halides is 5. The molecule has 1 spiro atoms. The van der Waals surface area contributed by atoms with Gasteiger partial charge in [0.2, 0.25) is 15.9 Å². The molecule has 12 nitrogen and oxygen atoms in total. The fourth-order valence-electron chi connectivity index (χ4n) is 9.41. The van der Waals surface area contributed by atoms with Gasteiger partial charge in [-0.3, -0.25) is 14.2 Å². The number of benzene rings is 2. The molecule has 1 saturated heterocycles. The van der Waals surface area contributed by atoms with Gasteiger partial charge in [0, 0.05) is 47.1 Å². The van der Waals surface area contributed by atoms with Crippen LogP contribution >= 0.6 is 11.6 Å². The van der Waals surface area contributed by atoms with Crippen molar-refractivity contribution in [2.45, 2.75) is 61.3 Å². The van der Waals surface area contributed by atoms with Gasteiger partial charge in [0.05, 0.1) is 41.1 Å². The van der Waals surface area contributed by atoms with Gasteiger partial charge in [0.15, 0.2) is 11.5 Å². The number of hydrogen-bond acceptors (Lipinski definition) is 8. The molecule has 2 aromatic carbocycles. The highest BCUT2D eigenvalue weighted by Gasteiger charge is 2.69. The van der Waals surface area contributed by atoms with E-state index in [0.29, 0.717) is 32.1 Å². The number of nitrogens with zero attached hydrogens (tertiary/aromatic N) is 5. The van der Waals surface area contributed by atoms with E-state index in [-0.39, 0.29) is 66.3 Å². The van der Waals surface area contributed by atoms with Crippen molar-refractivity contribution in [2.75, 3.05) is 24.2 Å². The predicted octanol–water partition coefficient (Wildman–Crippen LogP) is 6.31. The van der Waals surface area contributed by atoms with Crippen LogP contribution in [0, 0.1) is 34.8 Å². The minimum Gasteiger partial charge on any atom is -0.380 e. The van der Waals surface area contributed by atoms with E-state index in [1.54, 1.807) is 0 Å². The van der Waals surface area contributed by atoms with E-state index in [4.69, 9.17) is 27.1 Å². The van der Waals surface area contributed by atoms with Crippen LogP contribution in [0.25, 0.3) is 22.0 Å². The minimum atomic E-state index is -5.23. The molecule has 4 aliphatic rings. The molecule has 0 radical (unpaired) electrons. The van der Waals surface area contributed by atoms with Crippen molar-refractivity contribution in [3.05, 3.63) is 93.0 Å². The van der Waals surface area contributed by atoms with Gasteiger partial charge in [-0.05, 0) is 73.4 Å². The van der Waals surface area contributed by atoms with Crippen molar-refractivity contribution in [1.82, 2.24) is 24.5 Å². The number of aryl methyl sites for hydroxylation is 1. The third kappa shape index (κ3) is 6.98. The number of primary amides is 1. The Hall–Kier alpha value is -5.23. The Labute approximate surface area is 347 Å². The number of aromatic nitrogens is 5. The number of hydrogen-bond donors (Lipinski definition) is 3. The van der Waals surface area contributed by atoms with Gasteiger partial charge in [-0.1, -0.05) is 23.6 Å². The first kappa shape index (κ1) is 41.1. The van der Waals surface area contributed by atoms with E-state index in [9.17, 15) is 40.3 Å². The Kier molecular flexibility index (Phi) is 9.19. The lowest BCUT2D eigenvalue weighted by Crippen LogP contribution is -2.60. The molecular weight excluding hydrogens is 859 g/mol. The number of nitrogens with two attached hydrogens (primary N) is 1. The smallest absolute Gasteiger partial charge is 0.380 e. The molecule has 2 saturated carbocycles. The summed E-state index contributed by atoms with van der Waals surface area (Å²) in [6, 6.07) is 5.89. The van der Waals surface area contributed by atoms with E-state index in [2.05, 4.69) is 26.8 Å². The third-order valence-electron chi connectivity index (χ3n) is 11.8. The Morgan fingerprint density at radius 2 is 1.77 bits per heavy atom. The number of rotatable bonds is 9. The molecule has 21 heteroatoms. The molecule has 320 valence electrons. The van der Waals surface area contributed by atoms with E-state index in [1.165, 1.54) is 36.0 Å². The molecule has 3 aliphatic carbocycles. The van der Waals surface area contributed by atoms with Gasteiger partial charge in [-0.15, -0.1) is 0 Å². The summed E-state index contributed by atoms with van der Waals surface area (Å²) in [4.78, 5) is 18.6. The maximum atomic E-state index is 16.2. The molecule has 3 aromatic heterocycles. The summed E-state index contributed by atoms with van der Waals surface area (Å²) >= 11 is 6.61. The van der Waals surface area contributed by atoms with Crippen LogP contribution in [0.15, 0.2) is 42.5 Å². The maximum Gasteiger partial charge on any atom is 0.435 e. The number of carbonyl (C=O) groups excluding carboxylic acids is 1. The lowest BCUT2D eigenvalue weighted by molar-refractivity contribution is -0.219. The topological polar surface area (TPSA) is 167 Å². The minimum absolute atomic E-state index is 0.0350. The number of carbonyl (C=O) groups is 1. The molecule has 4 heterocycles. The number of pyridine rings is 1. The number of sulfonamides is 1. The number of amides is 1. The van der Waals surface area contributed by atoms with Crippen molar-refractivity contribution in [3.8, 4) is 23.0 Å². The SMILES string of the molecule is Cn1nc(NS(C)(=O)=O)c2c(Cl)ccc(-c3ccc(C#CC4(O)CC5(COC5)C4)nc3[C@@H](Cc3cc(F)cc(F)c3)C(C(N)=O)n3nc(C(F)(F)F)c4c3C(F)(F)[C@@H]3C[C@H]43)c21. The number of fused-ring (bicyclic) bond motifs is 4. The van der Waals surface area contributed by atoms with Gasteiger partial charge in [-0.2, -0.15) is 32.1 Å². The normalized spacial score (nSPS) is 21.4. The molecule has 3 fully saturated rings. The Bertz CT molecular complexity index is 2860. The second-order valence-corrected chi connectivity index (χ2v) is 18.6. The molecular formula is C40H33ClF7N7O5S. The van der Waals surface area contributed by atoms with Crippen LogP contribution in [-0.4, -0.2) is 69.0 Å². The molecule has 1 aliphatic heterocycles. The molecule has 1 unspecified atom stereocenters. The van der Waals surface area contributed by atoms with E-state index in [0.717, 1.165) is 18.4 Å². The standard InChI is InChI=1S/C40H33ClF7N7O5S/c1-54-31-23(5-6-27(41)29(31)36(52-54)53-61(2,58)59)22-4-3-21(7-8-38(57)14-37(15-38)16-60-17-37)50-30(22)25(11-18-9-19(42)12-20(43)10-18)32(35(49)56)55-34-28(33(51-55)40(46,47)48)24-13-26(24)39(34,44)45/h3-6,9-10,12,24-26,32,57H,11,13-17H2,1-2H3,(H2,49,56)(H,52,53)/t24-,25+,26+,32?/m0/s1. The first-order valence-electron chi connectivity index (χ1n) is 18.8. The van der Waals surface area contributed by atoms with Gasteiger partial charge in [0.25, 0.3) is 5.92 Å². The highest BCUT2D eigenvalue weighted by Crippen LogP contribution is 2.69. The van der Waals surface area contributed by atoms with Crippen molar-refractivity contribution in [1.29, 1.82) is 0 Å². The van der Waals surface area contributed by atoms with E-state index in [1.807, 2.05) is 0 Å². The quantitative estimate of drug-likeness (QED) is 0.114. The van der Waals surface area contributed by atoms with Crippen molar-refractivity contribution < 1.29 is 53.8 Å². The summed E-state index contributed by atoms with van der Waals surface area (Å²) in [5, 5.41) is 19.3. The van der Waals surface area contributed by atoms with Crippen LogP contribution in [0.5, 0.6) is 0 Å². The zero-order valence-corrected chi connectivity index (χ0v) is 33.5. The Balaban J connectivity index is 1.31. The molecule has 4 N–H and O–H groups in total. The van der Waals surface area contributed by atoms with E-state index >= 15 is 8.78 Å². The first-order valence-corrected chi connectivity index (χ1v) is 21.0. The number of halogens is 8. The van der Waals surface area contributed by atoms with Gasteiger partial charge >= 0.3 is 6.18 Å². The van der Waals surface area contributed by atoms with Crippen LogP contribution < -0.4 is 10.5 Å². The molecule has 5 aromatic rings. The van der Waals surface area contributed by atoms with E-state index < -0.39 is 92.4 Å². The fraction of sp³-hybridized carbons (Fsp3) is 0.400. The molecule has 61 heavy (non-hydrogen) atoms. The molecule has 4 atom stereocenters. The number of anilines is 1. The first-order chi connectivity index (χ1) is 28.5. The monoisotopic (exact) mass is 891 g/mol. The lowest BCUT2D eigenvalue weighted by Gasteiger charge is -2.55. The van der Waals surface area contributed by atoms with Gasteiger partial charge in [0.1, 0.15) is 34.7 Å². The number of nitrogens with one attached hydrogen (secondary N) is 1. The Morgan fingerprint density at radius 1 is 1.10 bits per heavy atom. The van der Waals surface area contributed by atoms with Crippen molar-refractivity contribution >= 4 is 44.3 Å². The highest BCUT2D eigenvalue weighted by atomic mass is 35.5. The number of ether oxygens (including phenoxy) is 1. The van der Waals surface area contributed by atoms with Crippen LogP contribution in [0.1, 0.15) is 71.0 Å². The van der Waals surface area contributed by atoms with Crippen molar-refractivity contribution in [2.24, 2.45) is 24.1 Å². The zero-order valence-electron chi connectivity index (χ0n) is 31.9. The largest absolute Gasteiger partial charge is 0.435 e. The highest BCUT2D eigenvalue weighted by molar-refractivity contribution is 7.92. The summed E-state index contributed by atoms with van der Waals surface area (Å²) < 4.78 is 140. The van der Waals surface area contributed by atoms with Crippen LogP contribution in [0.2, 0.25) is 5.02 Å². The van der Waals surface area contributed by atoms with Crippen molar-refractivity contribution in [3.63, 3.8) is 0 Å². The Morgan fingerprint density at radius 3 is 2.38 bits per heavy atom. The molecule has 0 bridgehead atoms. The summed E-state index contributed by atoms with van der Waals surface area (Å²) in [7, 11) is -2.46. The maximum absolute atomic E-state index is 16.2. The average molecular weight is 892 g/mol. The van der Waals surface area contributed by atoms with Gasteiger partial charge < -0.3 is 15.6 Å². The van der Waals surface area contributed by atoms with Crippen LogP contribution in [-0.2, 0) is 45.1 Å². The average Bonchev–Trinajstić information content (AvgIpc) is 3.64. The van der Waals surface area contributed by atoms with Crippen LogP contribution in [0.3, 0.4) is 0 Å².